The molecule has 0 atom stereocenters. The van der Waals surface area contributed by atoms with Crippen molar-refractivity contribution in [3.63, 3.8) is 0 Å². The number of nitrogens with one attached hydrogen (secondary N) is 2. The molecular formula is C10H9ClF3N3. The van der Waals surface area contributed by atoms with Crippen LogP contribution in [0.25, 0.3) is 0 Å². The molecule has 0 amide bonds. The number of nitrogens with zero attached hydrogens (tertiary/aromatic N) is 1. The van der Waals surface area contributed by atoms with Gasteiger partial charge >= 0.3 is 6.18 Å². The molecule has 0 unspecified atom stereocenters. The highest BCUT2D eigenvalue weighted by molar-refractivity contribution is 6.34. The molecule has 7 heteroatoms. The summed E-state index contributed by atoms with van der Waals surface area (Å²) in [6.45, 7) is 1.14. The maximum atomic E-state index is 12.7. The SMILES string of the molecule is FC(F)(F)c1cccc(Cl)c1NC1=NCCN1. The lowest BCUT2D eigenvalue weighted by Gasteiger charge is -2.15. The number of halogens is 4. The van der Waals surface area contributed by atoms with Crippen LogP contribution in [0.2, 0.25) is 5.02 Å². The maximum absolute atomic E-state index is 12.7. The van der Waals surface area contributed by atoms with Gasteiger partial charge in [-0.3, -0.25) is 4.99 Å². The van der Waals surface area contributed by atoms with Gasteiger partial charge in [0, 0.05) is 6.54 Å². The van der Waals surface area contributed by atoms with E-state index in [0.717, 1.165) is 6.07 Å². The molecule has 3 nitrogen and oxygen atoms in total. The molecule has 92 valence electrons. The van der Waals surface area contributed by atoms with Gasteiger partial charge < -0.3 is 10.6 Å². The zero-order valence-electron chi connectivity index (χ0n) is 8.61. The van der Waals surface area contributed by atoms with E-state index in [9.17, 15) is 13.2 Å². The van der Waals surface area contributed by atoms with Gasteiger partial charge in [0.25, 0.3) is 0 Å². The van der Waals surface area contributed by atoms with E-state index < -0.39 is 11.7 Å². The molecule has 1 aliphatic heterocycles. The lowest BCUT2D eigenvalue weighted by atomic mass is 10.1. The van der Waals surface area contributed by atoms with Gasteiger partial charge in [0.15, 0.2) is 5.96 Å². The van der Waals surface area contributed by atoms with E-state index in [1.54, 1.807) is 0 Å². The lowest BCUT2D eigenvalue weighted by Crippen LogP contribution is -2.27. The zero-order chi connectivity index (χ0) is 12.5. The average molecular weight is 264 g/mol. The number of hydrogen-bond donors (Lipinski definition) is 2. The van der Waals surface area contributed by atoms with Crippen LogP contribution in [0.3, 0.4) is 0 Å². The van der Waals surface area contributed by atoms with Gasteiger partial charge in [-0.05, 0) is 12.1 Å². The Balaban J connectivity index is 2.37. The predicted octanol–water partition coefficient (Wildman–Crippen LogP) is 2.73. The van der Waals surface area contributed by atoms with Crippen molar-refractivity contribution in [3.05, 3.63) is 28.8 Å². The van der Waals surface area contributed by atoms with E-state index in [1.807, 2.05) is 0 Å². The van der Waals surface area contributed by atoms with Crippen LogP contribution >= 0.6 is 11.6 Å². The Labute approximate surface area is 101 Å². The lowest BCUT2D eigenvalue weighted by molar-refractivity contribution is -0.136. The van der Waals surface area contributed by atoms with E-state index in [0.29, 0.717) is 19.0 Å². The predicted molar refractivity (Wildman–Crippen MR) is 60.4 cm³/mol. The standard InChI is InChI=1S/C10H9ClF3N3/c11-7-3-1-2-6(10(12,13)14)8(7)17-9-15-4-5-16-9/h1-3H,4-5H2,(H2,15,16,17). The van der Waals surface area contributed by atoms with Crippen molar-refractivity contribution in [3.8, 4) is 0 Å². The van der Waals surface area contributed by atoms with Gasteiger partial charge in [-0.2, -0.15) is 13.2 Å². The van der Waals surface area contributed by atoms with Crippen LogP contribution in [0.5, 0.6) is 0 Å². The highest BCUT2D eigenvalue weighted by Gasteiger charge is 2.34. The quantitative estimate of drug-likeness (QED) is 0.817. The van der Waals surface area contributed by atoms with Crippen LogP contribution in [0.1, 0.15) is 5.56 Å². The topological polar surface area (TPSA) is 36.4 Å². The summed E-state index contributed by atoms with van der Waals surface area (Å²) in [5, 5.41) is 5.41. The first-order valence-electron chi connectivity index (χ1n) is 4.89. The van der Waals surface area contributed by atoms with Crippen LogP contribution in [0.4, 0.5) is 18.9 Å². The first-order chi connectivity index (χ1) is 7.98. The molecule has 0 aliphatic carbocycles. The molecule has 0 fully saturated rings. The molecule has 0 aromatic heterocycles. The molecule has 1 heterocycles. The number of para-hydroxylation sites is 1. The normalized spacial score (nSPS) is 15.4. The number of guanidine groups is 1. The number of aliphatic imine (C=N–C) groups is 1. The molecule has 1 aliphatic rings. The van der Waals surface area contributed by atoms with Gasteiger partial charge in [0.05, 0.1) is 22.8 Å². The second kappa shape index (κ2) is 4.44. The van der Waals surface area contributed by atoms with Crippen LogP contribution < -0.4 is 10.6 Å². The van der Waals surface area contributed by atoms with Crippen LogP contribution in [-0.2, 0) is 6.18 Å². The number of alkyl halides is 3. The second-order valence-electron chi connectivity index (χ2n) is 3.44. The minimum absolute atomic E-state index is 0.0104. The molecule has 2 N–H and O–H groups in total. The van der Waals surface area contributed by atoms with E-state index in [2.05, 4.69) is 15.6 Å². The third kappa shape index (κ3) is 2.63. The summed E-state index contributed by atoms with van der Waals surface area (Å²) in [7, 11) is 0. The minimum atomic E-state index is -4.45. The summed E-state index contributed by atoms with van der Waals surface area (Å²) in [5.74, 6) is 0.309. The van der Waals surface area contributed by atoms with E-state index in [4.69, 9.17) is 11.6 Å². The number of benzene rings is 1. The van der Waals surface area contributed by atoms with Crippen molar-refractivity contribution in [2.24, 2.45) is 4.99 Å². The molecular weight excluding hydrogens is 255 g/mol. The summed E-state index contributed by atoms with van der Waals surface area (Å²) >= 11 is 5.77. The van der Waals surface area contributed by atoms with Gasteiger partial charge in [-0.25, -0.2) is 0 Å². The summed E-state index contributed by atoms with van der Waals surface area (Å²) in [6.07, 6.45) is -4.45. The summed E-state index contributed by atoms with van der Waals surface area (Å²) < 4.78 is 38.2. The number of anilines is 1. The minimum Gasteiger partial charge on any atom is -0.354 e. The number of hydrogen-bond acceptors (Lipinski definition) is 3. The van der Waals surface area contributed by atoms with Crippen LogP contribution in [0.15, 0.2) is 23.2 Å². The fourth-order valence-electron chi connectivity index (χ4n) is 1.49. The highest BCUT2D eigenvalue weighted by atomic mass is 35.5. The van der Waals surface area contributed by atoms with Gasteiger partial charge in [0.1, 0.15) is 0 Å². The monoisotopic (exact) mass is 263 g/mol. The highest BCUT2D eigenvalue weighted by Crippen LogP contribution is 2.38. The van der Waals surface area contributed by atoms with Gasteiger partial charge in [-0.15, -0.1) is 0 Å². The zero-order valence-corrected chi connectivity index (χ0v) is 9.36. The fraction of sp³-hybridized carbons (Fsp3) is 0.300. The molecule has 0 spiro atoms. The third-order valence-electron chi connectivity index (χ3n) is 2.24. The van der Waals surface area contributed by atoms with Gasteiger partial charge in [-0.1, -0.05) is 17.7 Å². The van der Waals surface area contributed by atoms with Crippen molar-refractivity contribution >= 4 is 23.2 Å². The molecule has 0 saturated heterocycles. The first kappa shape index (κ1) is 12.0. The molecule has 0 bridgehead atoms. The first-order valence-corrected chi connectivity index (χ1v) is 5.27. The van der Waals surface area contributed by atoms with E-state index >= 15 is 0 Å². The molecule has 0 radical (unpaired) electrons. The van der Waals surface area contributed by atoms with Crippen molar-refractivity contribution in [2.45, 2.75) is 6.18 Å². The average Bonchev–Trinajstić information content (AvgIpc) is 2.72. The molecule has 2 rings (SSSR count). The third-order valence-corrected chi connectivity index (χ3v) is 2.55. The van der Waals surface area contributed by atoms with Crippen molar-refractivity contribution in [1.82, 2.24) is 5.32 Å². The van der Waals surface area contributed by atoms with Crippen LogP contribution in [0, 0.1) is 0 Å². The van der Waals surface area contributed by atoms with Crippen molar-refractivity contribution in [2.75, 3.05) is 18.4 Å². The Hall–Kier alpha value is -1.43. The second-order valence-corrected chi connectivity index (χ2v) is 3.85. The Morgan fingerprint density at radius 3 is 2.71 bits per heavy atom. The summed E-state index contributed by atoms with van der Waals surface area (Å²) in [6, 6.07) is 3.64. The molecule has 17 heavy (non-hydrogen) atoms. The summed E-state index contributed by atoms with van der Waals surface area (Å²) in [5.41, 5.74) is -0.976. The largest absolute Gasteiger partial charge is 0.418 e. The Bertz CT molecular complexity index is 457. The fourth-order valence-corrected chi connectivity index (χ4v) is 1.71. The molecule has 0 saturated carbocycles. The van der Waals surface area contributed by atoms with E-state index in [1.165, 1.54) is 12.1 Å². The maximum Gasteiger partial charge on any atom is 0.418 e. The van der Waals surface area contributed by atoms with Crippen LogP contribution in [-0.4, -0.2) is 19.0 Å². The smallest absolute Gasteiger partial charge is 0.354 e. The van der Waals surface area contributed by atoms with Crippen molar-refractivity contribution in [1.29, 1.82) is 0 Å². The Morgan fingerprint density at radius 2 is 2.12 bits per heavy atom. The Morgan fingerprint density at radius 1 is 1.35 bits per heavy atom. The van der Waals surface area contributed by atoms with Crippen molar-refractivity contribution < 1.29 is 13.2 Å². The van der Waals surface area contributed by atoms with E-state index in [-0.39, 0.29) is 10.7 Å². The van der Waals surface area contributed by atoms with Gasteiger partial charge in [0.2, 0.25) is 0 Å². The number of rotatable bonds is 1. The summed E-state index contributed by atoms with van der Waals surface area (Å²) in [4.78, 5) is 3.96. The molecule has 1 aromatic carbocycles. The Kier molecular flexibility index (Phi) is 3.15. The molecule has 1 aromatic rings.